The zero-order valence-electron chi connectivity index (χ0n) is 11.8. The molecule has 0 bridgehead atoms. The van der Waals surface area contributed by atoms with E-state index < -0.39 is 0 Å². The molecule has 0 unspecified atom stereocenters. The molecular formula is C16H20N2O2. The van der Waals surface area contributed by atoms with Gasteiger partial charge in [0.15, 0.2) is 0 Å². The van der Waals surface area contributed by atoms with E-state index >= 15 is 0 Å². The van der Waals surface area contributed by atoms with Crippen LogP contribution in [0.2, 0.25) is 0 Å². The van der Waals surface area contributed by atoms with Crippen LogP contribution in [-0.4, -0.2) is 55.5 Å². The third-order valence-electron chi connectivity index (χ3n) is 3.95. The maximum Gasteiger partial charge on any atom is 0.246 e. The van der Waals surface area contributed by atoms with Crippen LogP contribution in [0.5, 0.6) is 5.75 Å². The lowest BCUT2D eigenvalue weighted by molar-refractivity contribution is -0.127. The third-order valence-corrected chi connectivity index (χ3v) is 3.95. The van der Waals surface area contributed by atoms with Gasteiger partial charge in [0.2, 0.25) is 5.91 Å². The second-order valence-corrected chi connectivity index (χ2v) is 5.43. The number of fused-ring (bicyclic) bond motifs is 1. The number of likely N-dealkylation sites (N-methyl/N-ethyl adjacent to an activating group) is 1. The van der Waals surface area contributed by atoms with Crippen LogP contribution in [0.15, 0.2) is 24.3 Å². The second kappa shape index (κ2) is 5.67. The first kappa shape index (κ1) is 13.2. The zero-order chi connectivity index (χ0) is 13.9. The number of carbonyl (C=O) groups is 1. The number of amides is 1. The molecule has 0 saturated carbocycles. The Hall–Kier alpha value is -1.81. The average Bonchev–Trinajstić information content (AvgIpc) is 2.93. The van der Waals surface area contributed by atoms with Gasteiger partial charge in [-0.05, 0) is 36.4 Å². The van der Waals surface area contributed by atoms with Gasteiger partial charge in [0.1, 0.15) is 5.75 Å². The van der Waals surface area contributed by atoms with Gasteiger partial charge in [0.25, 0.3) is 0 Å². The Morgan fingerprint density at radius 1 is 1.25 bits per heavy atom. The molecule has 1 amide bonds. The number of carbonyl (C=O) groups excluding carboxylic acids is 1. The molecule has 2 aliphatic heterocycles. The maximum absolute atomic E-state index is 12.1. The van der Waals surface area contributed by atoms with Gasteiger partial charge in [0.05, 0.1) is 6.61 Å². The Kier molecular flexibility index (Phi) is 3.74. The van der Waals surface area contributed by atoms with Crippen LogP contribution in [0.25, 0.3) is 6.08 Å². The van der Waals surface area contributed by atoms with Crippen molar-refractivity contribution in [3.05, 3.63) is 35.4 Å². The van der Waals surface area contributed by atoms with Crippen molar-refractivity contribution in [3.8, 4) is 5.75 Å². The van der Waals surface area contributed by atoms with Crippen molar-refractivity contribution in [2.24, 2.45) is 0 Å². The van der Waals surface area contributed by atoms with Crippen LogP contribution < -0.4 is 4.74 Å². The number of hydrogen-bond donors (Lipinski definition) is 0. The average molecular weight is 272 g/mol. The van der Waals surface area contributed by atoms with Crippen LogP contribution in [0.4, 0.5) is 0 Å². The first-order valence-electron chi connectivity index (χ1n) is 7.13. The fourth-order valence-corrected chi connectivity index (χ4v) is 2.61. The summed E-state index contributed by atoms with van der Waals surface area (Å²) in [6.07, 6.45) is 4.55. The predicted molar refractivity (Wildman–Crippen MR) is 78.8 cm³/mol. The maximum atomic E-state index is 12.1. The summed E-state index contributed by atoms with van der Waals surface area (Å²) in [6.45, 7) is 4.31. The Balaban J connectivity index is 1.63. The van der Waals surface area contributed by atoms with Crippen molar-refractivity contribution in [2.45, 2.75) is 6.42 Å². The van der Waals surface area contributed by atoms with Crippen molar-refractivity contribution >= 4 is 12.0 Å². The first-order chi connectivity index (χ1) is 9.72. The van der Waals surface area contributed by atoms with Crippen LogP contribution in [-0.2, 0) is 11.2 Å². The molecular weight excluding hydrogens is 252 g/mol. The molecule has 20 heavy (non-hydrogen) atoms. The summed E-state index contributed by atoms with van der Waals surface area (Å²) in [7, 11) is 2.09. The summed E-state index contributed by atoms with van der Waals surface area (Å²) < 4.78 is 5.48. The normalized spacial score (nSPS) is 19.1. The van der Waals surface area contributed by atoms with Crippen molar-refractivity contribution < 1.29 is 9.53 Å². The van der Waals surface area contributed by atoms with E-state index in [9.17, 15) is 4.79 Å². The Morgan fingerprint density at radius 3 is 2.85 bits per heavy atom. The number of nitrogens with zero attached hydrogens (tertiary/aromatic N) is 2. The van der Waals surface area contributed by atoms with Crippen molar-refractivity contribution in [2.75, 3.05) is 39.8 Å². The lowest BCUT2D eigenvalue weighted by Crippen LogP contribution is -2.46. The molecule has 1 fully saturated rings. The zero-order valence-corrected chi connectivity index (χ0v) is 11.8. The molecule has 0 aromatic heterocycles. The van der Waals surface area contributed by atoms with E-state index in [0.717, 1.165) is 50.5 Å². The van der Waals surface area contributed by atoms with E-state index in [1.165, 1.54) is 5.56 Å². The molecule has 106 valence electrons. The molecule has 1 saturated heterocycles. The smallest absolute Gasteiger partial charge is 0.246 e. The monoisotopic (exact) mass is 272 g/mol. The quantitative estimate of drug-likeness (QED) is 0.763. The number of piperazine rings is 1. The van der Waals surface area contributed by atoms with Gasteiger partial charge in [-0.2, -0.15) is 0 Å². The molecule has 2 aliphatic rings. The summed E-state index contributed by atoms with van der Waals surface area (Å²) in [6, 6.07) is 6.09. The van der Waals surface area contributed by atoms with Crippen LogP contribution in [0.1, 0.15) is 11.1 Å². The highest BCUT2D eigenvalue weighted by atomic mass is 16.5. The summed E-state index contributed by atoms with van der Waals surface area (Å²) in [5.41, 5.74) is 2.30. The van der Waals surface area contributed by atoms with Crippen LogP contribution in [0.3, 0.4) is 0 Å². The SMILES string of the molecule is CN1CCN(C(=O)/C=C\c2ccc3c(c2)CCO3)CC1. The fourth-order valence-electron chi connectivity index (χ4n) is 2.61. The summed E-state index contributed by atoms with van der Waals surface area (Å²) in [4.78, 5) is 16.3. The van der Waals surface area contributed by atoms with Crippen LogP contribution in [0, 0.1) is 0 Å². The number of rotatable bonds is 2. The highest BCUT2D eigenvalue weighted by Gasteiger charge is 2.17. The van der Waals surface area contributed by atoms with Crippen LogP contribution >= 0.6 is 0 Å². The molecule has 0 aliphatic carbocycles. The number of benzene rings is 1. The molecule has 4 nitrogen and oxygen atoms in total. The van der Waals surface area contributed by atoms with Gasteiger partial charge in [-0.1, -0.05) is 6.07 Å². The molecule has 0 spiro atoms. The molecule has 3 rings (SSSR count). The summed E-state index contributed by atoms with van der Waals surface area (Å²) >= 11 is 0. The standard InChI is InChI=1S/C16H20N2O2/c1-17-7-9-18(10-8-17)16(19)5-3-13-2-4-15-14(12-13)6-11-20-15/h2-5,12H,6-11H2,1H3/b5-3-. The number of hydrogen-bond acceptors (Lipinski definition) is 3. The minimum atomic E-state index is 0.106. The molecule has 0 N–H and O–H groups in total. The highest BCUT2D eigenvalue weighted by Crippen LogP contribution is 2.26. The summed E-state index contributed by atoms with van der Waals surface area (Å²) in [5, 5.41) is 0. The Morgan fingerprint density at radius 2 is 2.05 bits per heavy atom. The van der Waals surface area contributed by atoms with Gasteiger partial charge >= 0.3 is 0 Å². The van der Waals surface area contributed by atoms with Gasteiger partial charge < -0.3 is 14.5 Å². The second-order valence-electron chi connectivity index (χ2n) is 5.43. The molecule has 0 atom stereocenters. The van der Waals surface area contributed by atoms with E-state index in [2.05, 4.69) is 18.0 Å². The van der Waals surface area contributed by atoms with Gasteiger partial charge in [-0.3, -0.25) is 4.79 Å². The lowest BCUT2D eigenvalue weighted by Gasteiger charge is -2.31. The molecule has 4 heteroatoms. The van der Waals surface area contributed by atoms with E-state index in [0.29, 0.717) is 0 Å². The fraction of sp³-hybridized carbons (Fsp3) is 0.438. The van der Waals surface area contributed by atoms with E-state index in [1.807, 2.05) is 23.1 Å². The molecule has 0 radical (unpaired) electrons. The third kappa shape index (κ3) is 2.85. The van der Waals surface area contributed by atoms with E-state index in [4.69, 9.17) is 4.74 Å². The molecule has 1 aromatic rings. The number of ether oxygens (including phenoxy) is 1. The molecule has 1 aromatic carbocycles. The van der Waals surface area contributed by atoms with Crippen molar-refractivity contribution in [3.63, 3.8) is 0 Å². The topological polar surface area (TPSA) is 32.8 Å². The van der Waals surface area contributed by atoms with Gasteiger partial charge in [-0.25, -0.2) is 0 Å². The summed E-state index contributed by atoms with van der Waals surface area (Å²) in [5.74, 6) is 1.09. The van der Waals surface area contributed by atoms with E-state index in [1.54, 1.807) is 6.08 Å². The lowest BCUT2D eigenvalue weighted by atomic mass is 10.1. The van der Waals surface area contributed by atoms with Gasteiger partial charge in [0, 0.05) is 38.7 Å². The Labute approximate surface area is 119 Å². The minimum absolute atomic E-state index is 0.106. The predicted octanol–water partition coefficient (Wildman–Crippen LogP) is 1.41. The molecule has 2 heterocycles. The van der Waals surface area contributed by atoms with Gasteiger partial charge in [-0.15, -0.1) is 0 Å². The largest absolute Gasteiger partial charge is 0.493 e. The highest BCUT2D eigenvalue weighted by molar-refractivity contribution is 5.91. The minimum Gasteiger partial charge on any atom is -0.493 e. The van der Waals surface area contributed by atoms with E-state index in [-0.39, 0.29) is 5.91 Å². The van der Waals surface area contributed by atoms with Crippen molar-refractivity contribution in [1.29, 1.82) is 0 Å². The first-order valence-corrected chi connectivity index (χ1v) is 7.13. The van der Waals surface area contributed by atoms with Crippen molar-refractivity contribution in [1.82, 2.24) is 9.80 Å². The Bertz CT molecular complexity index is 531.